The van der Waals surface area contributed by atoms with Crippen molar-refractivity contribution in [2.75, 3.05) is 0 Å². The van der Waals surface area contributed by atoms with E-state index in [1.165, 1.54) is 0 Å². The minimum absolute atomic E-state index is 0.241. The molecule has 2 heterocycles. The Labute approximate surface area is 251 Å². The number of carbonyl (C=O) groups excluding carboxylic acids is 2. The van der Waals surface area contributed by atoms with E-state index < -0.39 is 5.25 Å². The SMILES string of the molecule is Cn1c(COc2ccc(CC3SC(=O)NC3=O)cc2)nc2ccc(Oc3ccc(N=Cc4cccc(Cl)c4)cc3)cc21. The number of amides is 2. The predicted octanol–water partition coefficient (Wildman–Crippen LogP) is 7.24. The molecule has 0 spiro atoms. The first kappa shape index (κ1) is 27.6. The molecule has 1 aliphatic heterocycles. The quantitative estimate of drug-likeness (QED) is 0.180. The zero-order valence-electron chi connectivity index (χ0n) is 22.5. The first-order chi connectivity index (χ1) is 20.4. The van der Waals surface area contributed by atoms with Crippen molar-refractivity contribution in [3.63, 3.8) is 0 Å². The zero-order valence-corrected chi connectivity index (χ0v) is 24.1. The summed E-state index contributed by atoms with van der Waals surface area (Å²) in [5.74, 6) is 2.61. The molecular weight excluding hydrogens is 572 g/mol. The van der Waals surface area contributed by atoms with E-state index in [-0.39, 0.29) is 17.8 Å². The maximum absolute atomic E-state index is 11.8. The fourth-order valence-corrected chi connectivity index (χ4v) is 5.55. The number of imidazole rings is 1. The second-order valence-corrected chi connectivity index (χ2v) is 11.3. The first-order valence-electron chi connectivity index (χ1n) is 13.2. The monoisotopic (exact) mass is 596 g/mol. The first-order valence-corrected chi connectivity index (χ1v) is 14.4. The van der Waals surface area contributed by atoms with Crippen molar-refractivity contribution < 1.29 is 19.1 Å². The number of imide groups is 1. The maximum Gasteiger partial charge on any atom is 0.286 e. The van der Waals surface area contributed by atoms with E-state index in [9.17, 15) is 9.59 Å². The molecule has 210 valence electrons. The highest BCUT2D eigenvalue weighted by Gasteiger charge is 2.31. The lowest BCUT2D eigenvalue weighted by molar-refractivity contribution is -0.118. The van der Waals surface area contributed by atoms with E-state index in [0.717, 1.165) is 45.4 Å². The highest BCUT2D eigenvalue weighted by molar-refractivity contribution is 8.15. The van der Waals surface area contributed by atoms with Gasteiger partial charge in [0.25, 0.3) is 5.24 Å². The fourth-order valence-electron chi connectivity index (χ4n) is 4.50. The predicted molar refractivity (Wildman–Crippen MR) is 165 cm³/mol. The largest absolute Gasteiger partial charge is 0.486 e. The van der Waals surface area contributed by atoms with Crippen LogP contribution in [0.15, 0.2) is 96.0 Å². The molecule has 1 fully saturated rings. The summed E-state index contributed by atoms with van der Waals surface area (Å²) in [6.45, 7) is 0.285. The summed E-state index contributed by atoms with van der Waals surface area (Å²) in [7, 11) is 1.94. The van der Waals surface area contributed by atoms with Gasteiger partial charge in [-0.05, 0) is 78.2 Å². The fraction of sp³-hybridized carbons (Fsp3) is 0.125. The van der Waals surface area contributed by atoms with Crippen LogP contribution in [-0.4, -0.2) is 32.2 Å². The lowest BCUT2D eigenvalue weighted by Gasteiger charge is -2.09. The third kappa shape index (κ3) is 6.48. The third-order valence-electron chi connectivity index (χ3n) is 6.71. The van der Waals surface area contributed by atoms with Crippen molar-refractivity contribution in [1.29, 1.82) is 0 Å². The number of aliphatic imine (C=N–C) groups is 1. The molecule has 5 aromatic rings. The van der Waals surface area contributed by atoms with E-state index >= 15 is 0 Å². The van der Waals surface area contributed by atoms with Gasteiger partial charge in [0.05, 0.1) is 22.0 Å². The molecule has 0 bridgehead atoms. The minimum atomic E-state index is -0.392. The molecule has 1 aliphatic rings. The standard InChI is InChI=1S/C32H25ClN4O4S/c1-37-28-17-26(41-25-11-7-23(8-12-25)34-18-21-3-2-4-22(33)15-21)13-14-27(28)35-30(37)19-40-24-9-5-20(6-10-24)16-29-31(38)36-32(39)42-29/h2-15,17-18,29H,16,19H2,1H3,(H,36,38,39). The van der Waals surface area contributed by atoms with Crippen molar-refractivity contribution in [2.45, 2.75) is 18.3 Å². The molecule has 1 N–H and O–H groups in total. The molecule has 4 aromatic carbocycles. The molecule has 2 amide bonds. The van der Waals surface area contributed by atoms with Crippen LogP contribution in [-0.2, 0) is 24.9 Å². The smallest absolute Gasteiger partial charge is 0.286 e. The lowest BCUT2D eigenvalue weighted by atomic mass is 10.1. The molecule has 1 aromatic heterocycles. The molecule has 6 rings (SSSR count). The number of ether oxygens (including phenoxy) is 2. The molecule has 10 heteroatoms. The van der Waals surface area contributed by atoms with Crippen LogP contribution in [0.4, 0.5) is 10.5 Å². The molecular formula is C32H25ClN4O4S. The summed E-state index contributed by atoms with van der Waals surface area (Å²) in [6, 6.07) is 28.4. The zero-order chi connectivity index (χ0) is 29.1. The van der Waals surface area contributed by atoms with Gasteiger partial charge in [0.1, 0.15) is 29.7 Å². The van der Waals surface area contributed by atoms with Crippen LogP contribution in [0.3, 0.4) is 0 Å². The van der Waals surface area contributed by atoms with E-state index in [0.29, 0.717) is 28.7 Å². The Morgan fingerprint density at radius 1 is 0.976 bits per heavy atom. The number of halogens is 1. The molecule has 1 unspecified atom stereocenters. The second-order valence-electron chi connectivity index (χ2n) is 9.67. The van der Waals surface area contributed by atoms with Crippen molar-refractivity contribution in [3.05, 3.63) is 113 Å². The highest BCUT2D eigenvalue weighted by Crippen LogP contribution is 2.28. The van der Waals surface area contributed by atoms with Crippen molar-refractivity contribution in [1.82, 2.24) is 14.9 Å². The number of hydrogen-bond acceptors (Lipinski definition) is 7. The van der Waals surface area contributed by atoms with Gasteiger partial charge in [-0.2, -0.15) is 0 Å². The number of aryl methyl sites for hydroxylation is 1. The van der Waals surface area contributed by atoms with Crippen LogP contribution < -0.4 is 14.8 Å². The molecule has 0 radical (unpaired) electrons. The third-order valence-corrected chi connectivity index (χ3v) is 7.92. The van der Waals surface area contributed by atoms with Gasteiger partial charge in [0, 0.05) is 24.4 Å². The van der Waals surface area contributed by atoms with Gasteiger partial charge in [-0.1, -0.05) is 47.6 Å². The van der Waals surface area contributed by atoms with Gasteiger partial charge in [-0.3, -0.25) is 19.9 Å². The Kier molecular flexibility index (Phi) is 7.94. The average Bonchev–Trinajstić information content (AvgIpc) is 3.48. The average molecular weight is 597 g/mol. The van der Waals surface area contributed by atoms with Gasteiger partial charge >= 0.3 is 0 Å². The second kappa shape index (κ2) is 12.1. The number of carbonyl (C=O) groups is 2. The molecule has 1 saturated heterocycles. The van der Waals surface area contributed by atoms with Crippen molar-refractivity contribution in [2.24, 2.45) is 12.0 Å². The molecule has 0 aliphatic carbocycles. The van der Waals surface area contributed by atoms with Crippen molar-refractivity contribution >= 4 is 57.4 Å². The van der Waals surface area contributed by atoms with Crippen molar-refractivity contribution in [3.8, 4) is 17.2 Å². The normalized spacial score (nSPS) is 15.0. The number of rotatable bonds is 9. The number of thioether (sulfide) groups is 1. The number of nitrogens with zero attached hydrogens (tertiary/aromatic N) is 3. The Balaban J connectivity index is 1.07. The Hall–Kier alpha value is -4.60. The van der Waals surface area contributed by atoms with Crippen LogP contribution in [0.5, 0.6) is 17.2 Å². The van der Waals surface area contributed by atoms with Gasteiger partial charge in [-0.25, -0.2) is 4.98 Å². The van der Waals surface area contributed by atoms with Crippen LogP contribution in [0.1, 0.15) is 17.0 Å². The Morgan fingerprint density at radius 3 is 2.48 bits per heavy atom. The van der Waals surface area contributed by atoms with E-state index in [4.69, 9.17) is 26.1 Å². The van der Waals surface area contributed by atoms with Gasteiger partial charge in [0.15, 0.2) is 0 Å². The topological polar surface area (TPSA) is 94.8 Å². The summed E-state index contributed by atoms with van der Waals surface area (Å²) < 4.78 is 14.1. The van der Waals surface area contributed by atoms with E-state index in [1.807, 2.05) is 103 Å². The van der Waals surface area contributed by atoms with Gasteiger partial charge in [0.2, 0.25) is 5.91 Å². The number of benzene rings is 4. The van der Waals surface area contributed by atoms with E-state index in [1.54, 1.807) is 6.21 Å². The number of fused-ring (bicyclic) bond motifs is 1. The Morgan fingerprint density at radius 2 is 1.74 bits per heavy atom. The molecule has 1 atom stereocenters. The summed E-state index contributed by atoms with van der Waals surface area (Å²) >= 11 is 7.07. The summed E-state index contributed by atoms with van der Waals surface area (Å²) in [5.41, 5.74) is 4.46. The number of hydrogen-bond donors (Lipinski definition) is 1. The minimum Gasteiger partial charge on any atom is -0.486 e. The van der Waals surface area contributed by atoms with E-state index in [2.05, 4.69) is 10.3 Å². The molecule has 42 heavy (non-hydrogen) atoms. The van der Waals surface area contributed by atoms with Crippen LogP contribution in [0, 0.1) is 0 Å². The summed E-state index contributed by atoms with van der Waals surface area (Å²) in [4.78, 5) is 32.4. The van der Waals surface area contributed by atoms with Crippen LogP contribution in [0.25, 0.3) is 11.0 Å². The number of nitrogens with one attached hydrogen (secondary N) is 1. The Bertz CT molecular complexity index is 1800. The summed E-state index contributed by atoms with van der Waals surface area (Å²) in [5, 5.41) is 2.30. The van der Waals surface area contributed by atoms with Crippen LogP contribution >= 0.6 is 23.4 Å². The maximum atomic E-state index is 11.8. The molecule has 0 saturated carbocycles. The molecule has 8 nitrogen and oxygen atoms in total. The lowest BCUT2D eigenvalue weighted by Crippen LogP contribution is -2.25. The number of aromatic nitrogens is 2. The van der Waals surface area contributed by atoms with Gasteiger partial charge < -0.3 is 14.0 Å². The summed E-state index contributed by atoms with van der Waals surface area (Å²) in [6.07, 6.45) is 2.26. The van der Waals surface area contributed by atoms with Gasteiger partial charge in [-0.15, -0.1) is 0 Å². The van der Waals surface area contributed by atoms with Crippen LogP contribution in [0.2, 0.25) is 5.02 Å². The highest BCUT2D eigenvalue weighted by atomic mass is 35.5.